The molecule has 1 aromatic rings. The van der Waals surface area contributed by atoms with Crippen molar-refractivity contribution in [2.45, 2.75) is 28.8 Å². The van der Waals surface area contributed by atoms with Gasteiger partial charge in [-0.2, -0.15) is 11.8 Å². The summed E-state index contributed by atoms with van der Waals surface area (Å²) < 4.78 is 26.9. The number of thioether (sulfide) groups is 1. The quantitative estimate of drug-likeness (QED) is 0.646. The second-order valence-electron chi connectivity index (χ2n) is 4.16. The number of sulfonamides is 1. The molecule has 1 aromatic heterocycles. The van der Waals surface area contributed by atoms with Gasteiger partial charge in [0.15, 0.2) is 0 Å². The summed E-state index contributed by atoms with van der Waals surface area (Å²) in [7, 11) is -3.69. The van der Waals surface area contributed by atoms with Crippen LogP contribution in [-0.2, 0) is 21.2 Å². The van der Waals surface area contributed by atoms with Gasteiger partial charge in [0, 0.05) is 16.2 Å². The van der Waals surface area contributed by atoms with Crippen molar-refractivity contribution in [2.75, 3.05) is 12.9 Å². The Morgan fingerprint density at radius 2 is 2.15 bits per heavy atom. The summed E-state index contributed by atoms with van der Waals surface area (Å²) in [4.78, 5) is 11.1. The van der Waals surface area contributed by atoms with Crippen molar-refractivity contribution in [1.29, 1.82) is 0 Å². The minimum Gasteiger partial charge on any atom is -0.481 e. The Bertz CT molecular complexity index is 550. The smallest absolute Gasteiger partial charge is 0.308 e. The summed E-state index contributed by atoms with van der Waals surface area (Å²) in [6.45, 7) is 1.56. The number of nitrogens with one attached hydrogen (secondary N) is 1. The molecule has 114 valence electrons. The Hall–Kier alpha value is -0.610. The number of carbonyl (C=O) groups is 1. The van der Waals surface area contributed by atoms with Crippen molar-refractivity contribution in [3.05, 3.63) is 17.0 Å². The molecule has 2 atom stereocenters. The zero-order valence-electron chi connectivity index (χ0n) is 11.1. The van der Waals surface area contributed by atoms with E-state index < -0.39 is 22.0 Å². The number of carboxylic acids is 1. The summed E-state index contributed by atoms with van der Waals surface area (Å²) in [5.41, 5.74) is 0. The molecule has 1 rings (SSSR count). The van der Waals surface area contributed by atoms with E-state index in [4.69, 9.17) is 10.2 Å². The molecule has 0 bridgehead atoms. The molecule has 3 N–H and O–H groups in total. The summed E-state index contributed by atoms with van der Waals surface area (Å²) in [5.74, 6) is -1.00. The maximum Gasteiger partial charge on any atom is 0.308 e. The van der Waals surface area contributed by atoms with E-state index in [0.29, 0.717) is 4.88 Å². The molecule has 0 fully saturated rings. The highest BCUT2D eigenvalue weighted by Gasteiger charge is 2.24. The van der Waals surface area contributed by atoms with E-state index in [1.54, 1.807) is 13.2 Å². The van der Waals surface area contributed by atoms with Gasteiger partial charge in [-0.1, -0.05) is 0 Å². The van der Waals surface area contributed by atoms with E-state index >= 15 is 0 Å². The summed E-state index contributed by atoms with van der Waals surface area (Å²) in [6.07, 6.45) is 1.60. The van der Waals surface area contributed by atoms with Crippen LogP contribution in [0, 0.1) is 0 Å². The third-order valence-corrected chi connectivity index (χ3v) is 6.91. The molecule has 6 nitrogen and oxygen atoms in total. The van der Waals surface area contributed by atoms with Crippen LogP contribution >= 0.6 is 23.1 Å². The van der Waals surface area contributed by atoms with Crippen molar-refractivity contribution in [3.63, 3.8) is 0 Å². The van der Waals surface area contributed by atoms with Crippen molar-refractivity contribution >= 4 is 39.1 Å². The third kappa shape index (κ3) is 4.74. The fraction of sp³-hybridized carbons (Fsp3) is 0.545. The molecule has 2 unspecified atom stereocenters. The van der Waals surface area contributed by atoms with Crippen LogP contribution in [0.3, 0.4) is 0 Å². The third-order valence-electron chi connectivity index (χ3n) is 2.61. The lowest BCUT2D eigenvalue weighted by atomic mass is 10.3. The summed E-state index contributed by atoms with van der Waals surface area (Å²) in [5, 5.41) is 17.6. The van der Waals surface area contributed by atoms with E-state index in [-0.39, 0.29) is 22.5 Å². The van der Waals surface area contributed by atoms with E-state index in [0.717, 1.165) is 11.3 Å². The van der Waals surface area contributed by atoms with Crippen molar-refractivity contribution in [2.24, 2.45) is 0 Å². The van der Waals surface area contributed by atoms with Crippen LogP contribution in [0.15, 0.2) is 16.3 Å². The molecule has 0 radical (unpaired) electrons. The van der Waals surface area contributed by atoms with Crippen LogP contribution in [0.25, 0.3) is 0 Å². The number of aliphatic hydroxyl groups is 1. The van der Waals surface area contributed by atoms with E-state index in [1.807, 2.05) is 0 Å². The predicted molar refractivity (Wildman–Crippen MR) is 79.8 cm³/mol. The highest BCUT2D eigenvalue weighted by Crippen LogP contribution is 2.23. The summed E-state index contributed by atoms with van der Waals surface area (Å²) in [6, 6.07) is 2.46. The van der Waals surface area contributed by atoms with E-state index in [1.165, 1.54) is 23.9 Å². The summed E-state index contributed by atoms with van der Waals surface area (Å²) >= 11 is 2.31. The fourth-order valence-electron chi connectivity index (χ4n) is 1.56. The fourth-order valence-corrected chi connectivity index (χ4v) is 4.92. The number of carboxylic acid groups (broad SMARTS) is 1. The number of aliphatic hydroxyl groups excluding tert-OH is 1. The van der Waals surface area contributed by atoms with Gasteiger partial charge in [0.25, 0.3) is 0 Å². The molecule has 9 heteroatoms. The van der Waals surface area contributed by atoms with Crippen LogP contribution in [0.4, 0.5) is 0 Å². The molecule has 0 saturated heterocycles. The average molecular weight is 339 g/mol. The van der Waals surface area contributed by atoms with Crippen LogP contribution in [0.5, 0.6) is 0 Å². The first-order valence-corrected chi connectivity index (χ1v) is 9.35. The van der Waals surface area contributed by atoms with Crippen LogP contribution in [-0.4, -0.2) is 48.8 Å². The minimum absolute atomic E-state index is 0.0818. The highest BCUT2D eigenvalue weighted by molar-refractivity contribution is 7.99. The number of thiophene rings is 1. The van der Waals surface area contributed by atoms with Gasteiger partial charge in [-0.25, -0.2) is 13.1 Å². The Kier molecular flexibility index (Phi) is 6.46. The molecule has 0 amide bonds. The largest absolute Gasteiger partial charge is 0.481 e. The highest BCUT2D eigenvalue weighted by atomic mass is 32.2. The second kappa shape index (κ2) is 7.41. The molecule has 20 heavy (non-hydrogen) atoms. The molecule has 0 aliphatic carbocycles. The van der Waals surface area contributed by atoms with Gasteiger partial charge in [0.1, 0.15) is 4.21 Å². The number of hydrogen-bond acceptors (Lipinski definition) is 6. The van der Waals surface area contributed by atoms with Crippen LogP contribution < -0.4 is 4.72 Å². The van der Waals surface area contributed by atoms with Gasteiger partial charge in [0.05, 0.1) is 13.0 Å². The molecular formula is C11H17NO5S3. The predicted octanol–water partition coefficient (Wildman–Crippen LogP) is 0.766. The molecular weight excluding hydrogens is 322 g/mol. The van der Waals surface area contributed by atoms with Crippen molar-refractivity contribution in [3.8, 4) is 0 Å². The SMILES string of the molecule is CSC(CO)C(C)NS(=O)(=O)c1ccc(CC(=O)O)s1. The van der Waals surface area contributed by atoms with E-state index in [9.17, 15) is 13.2 Å². The zero-order valence-corrected chi connectivity index (χ0v) is 13.5. The van der Waals surface area contributed by atoms with Gasteiger partial charge in [-0.3, -0.25) is 4.79 Å². The molecule has 0 aromatic carbocycles. The van der Waals surface area contributed by atoms with Gasteiger partial charge >= 0.3 is 5.97 Å². The monoisotopic (exact) mass is 339 g/mol. The van der Waals surface area contributed by atoms with E-state index in [2.05, 4.69) is 4.72 Å². The van der Waals surface area contributed by atoms with Crippen molar-refractivity contribution in [1.82, 2.24) is 4.72 Å². The number of aliphatic carboxylic acids is 1. The van der Waals surface area contributed by atoms with Crippen LogP contribution in [0.2, 0.25) is 0 Å². The van der Waals surface area contributed by atoms with Gasteiger partial charge in [0.2, 0.25) is 10.0 Å². The number of rotatable bonds is 8. The molecule has 1 heterocycles. The minimum atomic E-state index is -3.69. The van der Waals surface area contributed by atoms with Gasteiger partial charge in [-0.05, 0) is 25.3 Å². The lowest BCUT2D eigenvalue weighted by Gasteiger charge is -2.20. The Labute approximate surface area is 126 Å². The number of hydrogen-bond donors (Lipinski definition) is 3. The van der Waals surface area contributed by atoms with Gasteiger partial charge in [-0.15, -0.1) is 11.3 Å². The Morgan fingerprint density at radius 3 is 2.65 bits per heavy atom. The zero-order chi connectivity index (χ0) is 15.3. The van der Waals surface area contributed by atoms with Gasteiger partial charge < -0.3 is 10.2 Å². The molecule has 0 spiro atoms. The maximum absolute atomic E-state index is 12.1. The molecule has 0 aliphatic heterocycles. The first-order chi connectivity index (χ1) is 9.30. The maximum atomic E-state index is 12.1. The topological polar surface area (TPSA) is 104 Å². The molecule has 0 saturated carbocycles. The lowest BCUT2D eigenvalue weighted by Crippen LogP contribution is -2.40. The average Bonchev–Trinajstić information content (AvgIpc) is 2.78. The van der Waals surface area contributed by atoms with Crippen molar-refractivity contribution < 1.29 is 23.4 Å². The normalized spacial score (nSPS) is 14.9. The molecule has 0 aliphatic rings. The second-order valence-corrected chi connectivity index (χ2v) is 8.34. The Balaban J connectivity index is 2.83. The lowest BCUT2D eigenvalue weighted by molar-refractivity contribution is -0.136. The standard InChI is InChI=1S/C11H17NO5S3/c1-7(9(6-13)18-2)12-20(16,17)11-4-3-8(19-11)5-10(14)15/h3-4,7,9,12-13H,5-6H2,1-2H3,(H,14,15). The first kappa shape index (κ1) is 17.4. The van der Waals surface area contributed by atoms with Crippen LogP contribution in [0.1, 0.15) is 11.8 Å². The Morgan fingerprint density at radius 1 is 1.50 bits per heavy atom. The first-order valence-electron chi connectivity index (χ1n) is 5.76.